The Labute approximate surface area is 148 Å². The molecule has 7 nitrogen and oxygen atoms in total. The molecule has 0 aliphatic carbocycles. The number of alkyl halides is 3. The summed E-state index contributed by atoms with van der Waals surface area (Å²) in [5.41, 5.74) is -1.59. The number of rotatable bonds is 4. The van der Waals surface area contributed by atoms with Gasteiger partial charge in [-0.1, -0.05) is 0 Å². The zero-order chi connectivity index (χ0) is 19.0. The van der Waals surface area contributed by atoms with Crippen LogP contribution >= 0.6 is 15.9 Å². The molecule has 2 aromatic heterocycles. The lowest BCUT2D eigenvalue weighted by atomic mass is 9.85. The predicted octanol–water partition coefficient (Wildman–Crippen LogP) is 2.25. The molecule has 11 heteroatoms. The van der Waals surface area contributed by atoms with E-state index in [1.807, 2.05) is 5.43 Å². The molecule has 0 atom stereocenters. The fraction of sp³-hybridized carbons (Fsp3) is 0.286. The number of nitrogens with two attached hydrogens (primary N) is 1. The first-order chi connectivity index (χ1) is 11.5. The van der Waals surface area contributed by atoms with Gasteiger partial charge in [0.1, 0.15) is 11.1 Å². The monoisotopic (exact) mass is 419 g/mol. The van der Waals surface area contributed by atoms with Crippen molar-refractivity contribution in [2.75, 3.05) is 0 Å². The molecule has 0 radical (unpaired) electrons. The summed E-state index contributed by atoms with van der Waals surface area (Å²) in [7, 11) is 0. The summed E-state index contributed by atoms with van der Waals surface area (Å²) < 4.78 is 41.0. The summed E-state index contributed by atoms with van der Waals surface area (Å²) >= 11 is 3.13. The van der Waals surface area contributed by atoms with Gasteiger partial charge in [-0.2, -0.15) is 18.3 Å². The standard InChI is InChI=1S/C14H13BrF3N5O2/c1-13(2,12(25)21-19)11(24)8-5-9(14(16,17)18)23(22-8)10-4-3-7(15)6-20-10/h3-6H,19H2,1-2H3,(H,21,25). The van der Waals surface area contributed by atoms with Gasteiger partial charge in [-0.3, -0.25) is 15.0 Å². The first-order valence-corrected chi connectivity index (χ1v) is 7.63. The van der Waals surface area contributed by atoms with Crippen LogP contribution in [-0.4, -0.2) is 26.5 Å². The van der Waals surface area contributed by atoms with Crippen molar-refractivity contribution in [3.63, 3.8) is 0 Å². The van der Waals surface area contributed by atoms with E-state index in [0.717, 1.165) is 0 Å². The molecule has 1 amide bonds. The van der Waals surface area contributed by atoms with Crippen molar-refractivity contribution in [2.24, 2.45) is 11.3 Å². The Morgan fingerprint density at radius 2 is 1.92 bits per heavy atom. The third-order valence-corrected chi connectivity index (χ3v) is 3.90. The summed E-state index contributed by atoms with van der Waals surface area (Å²) in [5.74, 6) is 3.13. The second-order valence-electron chi connectivity index (χ2n) is 5.59. The lowest BCUT2D eigenvalue weighted by Crippen LogP contribution is -2.45. The summed E-state index contributed by atoms with van der Waals surface area (Å²) in [6, 6.07) is 3.37. The second-order valence-corrected chi connectivity index (χ2v) is 6.50. The third-order valence-electron chi connectivity index (χ3n) is 3.43. The van der Waals surface area contributed by atoms with Crippen LogP contribution in [0, 0.1) is 5.41 Å². The number of hydrogen-bond acceptors (Lipinski definition) is 5. The van der Waals surface area contributed by atoms with Gasteiger partial charge in [0.15, 0.2) is 17.3 Å². The van der Waals surface area contributed by atoms with Crippen LogP contribution in [0.2, 0.25) is 0 Å². The lowest BCUT2D eigenvalue weighted by molar-refractivity contribution is -0.142. The lowest BCUT2D eigenvalue weighted by Gasteiger charge is -2.19. The second kappa shape index (κ2) is 6.56. The molecule has 0 saturated carbocycles. The topological polar surface area (TPSA) is 103 Å². The fourth-order valence-electron chi connectivity index (χ4n) is 1.97. The highest BCUT2D eigenvalue weighted by atomic mass is 79.9. The van der Waals surface area contributed by atoms with Crippen LogP contribution in [0.1, 0.15) is 30.0 Å². The Kier molecular flexibility index (Phi) is 5.00. The number of Topliss-reactive ketones (excluding diaryl/α,β-unsaturated/α-hetero) is 1. The minimum atomic E-state index is -4.78. The Morgan fingerprint density at radius 3 is 2.40 bits per heavy atom. The van der Waals surface area contributed by atoms with Gasteiger partial charge in [0.05, 0.1) is 0 Å². The Morgan fingerprint density at radius 1 is 1.28 bits per heavy atom. The van der Waals surface area contributed by atoms with Crippen molar-refractivity contribution in [1.82, 2.24) is 20.2 Å². The number of amides is 1. The molecule has 0 fully saturated rings. The number of aromatic nitrogens is 3. The van der Waals surface area contributed by atoms with Crippen molar-refractivity contribution in [1.29, 1.82) is 0 Å². The number of halogens is 4. The normalized spacial score (nSPS) is 12.1. The molecule has 3 N–H and O–H groups in total. The van der Waals surface area contributed by atoms with E-state index in [2.05, 4.69) is 26.0 Å². The number of ketones is 1. The van der Waals surface area contributed by atoms with Gasteiger partial charge in [0, 0.05) is 16.7 Å². The molecular formula is C14H13BrF3N5O2. The molecule has 0 saturated heterocycles. The average molecular weight is 420 g/mol. The van der Waals surface area contributed by atoms with Crippen LogP contribution in [0.3, 0.4) is 0 Å². The maximum Gasteiger partial charge on any atom is 0.433 e. The number of hydrogen-bond donors (Lipinski definition) is 2. The molecule has 0 aliphatic rings. The molecule has 0 aliphatic heterocycles. The van der Waals surface area contributed by atoms with E-state index < -0.39 is 34.7 Å². The fourth-order valence-corrected chi connectivity index (χ4v) is 2.20. The SMILES string of the molecule is CC(C)(C(=O)NN)C(=O)c1cc(C(F)(F)F)n(-c2ccc(Br)cn2)n1. The van der Waals surface area contributed by atoms with E-state index in [9.17, 15) is 22.8 Å². The minimum Gasteiger partial charge on any atom is -0.293 e. The van der Waals surface area contributed by atoms with Crippen molar-refractivity contribution in [3.8, 4) is 5.82 Å². The molecule has 2 rings (SSSR count). The van der Waals surface area contributed by atoms with Crippen molar-refractivity contribution in [2.45, 2.75) is 20.0 Å². The quantitative estimate of drug-likeness (QED) is 0.260. The summed E-state index contributed by atoms with van der Waals surface area (Å²) in [6.07, 6.45) is -3.48. The average Bonchev–Trinajstić information content (AvgIpc) is 2.99. The van der Waals surface area contributed by atoms with Gasteiger partial charge in [-0.15, -0.1) is 0 Å². The number of nitrogens with zero attached hydrogens (tertiary/aromatic N) is 3. The van der Waals surface area contributed by atoms with E-state index in [-0.39, 0.29) is 5.82 Å². The Balaban J connectivity index is 2.58. The first kappa shape index (κ1) is 19.1. The van der Waals surface area contributed by atoms with E-state index in [0.29, 0.717) is 15.2 Å². The molecular weight excluding hydrogens is 407 g/mol. The largest absolute Gasteiger partial charge is 0.433 e. The molecule has 0 spiro atoms. The van der Waals surface area contributed by atoms with E-state index >= 15 is 0 Å². The van der Waals surface area contributed by atoms with Crippen LogP contribution in [0.5, 0.6) is 0 Å². The van der Waals surface area contributed by atoms with Crippen LogP contribution < -0.4 is 11.3 Å². The van der Waals surface area contributed by atoms with Crippen molar-refractivity contribution in [3.05, 3.63) is 40.3 Å². The molecule has 0 unspecified atom stereocenters. The van der Waals surface area contributed by atoms with Crippen molar-refractivity contribution < 1.29 is 22.8 Å². The van der Waals surface area contributed by atoms with Gasteiger partial charge in [-0.25, -0.2) is 15.5 Å². The van der Waals surface area contributed by atoms with Gasteiger partial charge in [0.25, 0.3) is 0 Å². The molecule has 25 heavy (non-hydrogen) atoms. The highest BCUT2D eigenvalue weighted by molar-refractivity contribution is 9.10. The molecule has 134 valence electrons. The van der Waals surface area contributed by atoms with Crippen LogP contribution in [-0.2, 0) is 11.0 Å². The van der Waals surface area contributed by atoms with E-state index in [4.69, 9.17) is 5.84 Å². The maximum atomic E-state index is 13.3. The zero-order valence-electron chi connectivity index (χ0n) is 13.1. The summed E-state index contributed by atoms with van der Waals surface area (Å²) in [6.45, 7) is 2.48. The van der Waals surface area contributed by atoms with Gasteiger partial charge in [-0.05, 0) is 41.9 Å². The van der Waals surface area contributed by atoms with E-state index in [1.54, 1.807) is 0 Å². The molecule has 0 bridgehead atoms. The maximum absolute atomic E-state index is 13.3. The number of carbonyl (C=O) groups is 2. The highest BCUT2D eigenvalue weighted by Crippen LogP contribution is 2.33. The predicted molar refractivity (Wildman–Crippen MR) is 84.5 cm³/mol. The molecule has 0 aromatic carbocycles. The Bertz CT molecular complexity index is 815. The molecule has 2 aromatic rings. The van der Waals surface area contributed by atoms with Crippen molar-refractivity contribution >= 4 is 27.6 Å². The third kappa shape index (κ3) is 3.71. The van der Waals surface area contributed by atoms with E-state index in [1.165, 1.54) is 32.2 Å². The number of hydrazine groups is 1. The zero-order valence-corrected chi connectivity index (χ0v) is 14.6. The minimum absolute atomic E-state index is 0.129. The highest BCUT2D eigenvalue weighted by Gasteiger charge is 2.42. The smallest absolute Gasteiger partial charge is 0.293 e. The van der Waals surface area contributed by atoms with Gasteiger partial charge >= 0.3 is 6.18 Å². The summed E-state index contributed by atoms with van der Waals surface area (Å²) in [5, 5.41) is 3.71. The Hall–Kier alpha value is -2.27. The van der Waals surface area contributed by atoms with Crippen LogP contribution in [0.4, 0.5) is 13.2 Å². The van der Waals surface area contributed by atoms with Gasteiger partial charge in [0.2, 0.25) is 5.91 Å². The van der Waals surface area contributed by atoms with Gasteiger partial charge < -0.3 is 0 Å². The van der Waals surface area contributed by atoms with Crippen LogP contribution in [0.15, 0.2) is 28.9 Å². The number of pyridine rings is 1. The first-order valence-electron chi connectivity index (χ1n) is 6.83. The number of nitrogens with one attached hydrogen (secondary N) is 1. The summed E-state index contributed by atoms with van der Waals surface area (Å²) in [4.78, 5) is 28.0. The molecule has 2 heterocycles. The van der Waals surface area contributed by atoms with Crippen LogP contribution in [0.25, 0.3) is 5.82 Å². The number of carbonyl (C=O) groups excluding carboxylic acids is 2.